The molecule has 1 unspecified atom stereocenters. The molecule has 0 saturated carbocycles. The van der Waals surface area contributed by atoms with Crippen molar-refractivity contribution in [1.29, 1.82) is 0 Å². The molecule has 0 aromatic carbocycles. The van der Waals surface area contributed by atoms with Crippen molar-refractivity contribution in [2.75, 3.05) is 26.4 Å². The molecule has 17 heteroatoms. The van der Waals surface area contributed by atoms with E-state index in [4.69, 9.17) is 44.8 Å². The van der Waals surface area contributed by atoms with Crippen molar-refractivity contribution in [1.82, 2.24) is 0 Å². The average Bonchev–Trinajstić information content (AvgIpc) is 2.82. The van der Waals surface area contributed by atoms with Gasteiger partial charge >= 0.3 is 29.6 Å². The van der Waals surface area contributed by atoms with Crippen LogP contribution in [0.1, 0.15) is 1.43 Å². The van der Waals surface area contributed by atoms with Crippen LogP contribution in [-0.2, 0) is 14.2 Å². The molecular formula is C17H35NaO16. The summed E-state index contributed by atoms with van der Waals surface area (Å²) in [4.78, 5) is 0. The summed E-state index contributed by atoms with van der Waals surface area (Å²) in [6.45, 7) is -2.63. The molecule has 13 N–H and O–H groups in total. The van der Waals surface area contributed by atoms with Gasteiger partial charge in [0.05, 0.1) is 26.4 Å². The molecule has 2 aliphatic heterocycles. The largest absolute Gasteiger partial charge is 1.00 e. The van der Waals surface area contributed by atoms with Crippen LogP contribution < -0.4 is 29.6 Å². The van der Waals surface area contributed by atoms with Gasteiger partial charge in [-0.1, -0.05) is 0 Å². The van der Waals surface area contributed by atoms with Gasteiger partial charge in [-0.15, -0.1) is 0 Å². The quantitative estimate of drug-likeness (QED) is 0.133. The van der Waals surface area contributed by atoms with Gasteiger partial charge in [0.2, 0.25) is 0 Å². The number of ether oxygens (including phenoxy) is 3. The first-order valence-corrected chi connectivity index (χ1v) is 9.97. The number of hydrogen-bond donors (Lipinski definition) is 13. The molecule has 0 radical (unpaired) electrons. The number of aliphatic hydroxyl groups is 13. The van der Waals surface area contributed by atoms with E-state index < -0.39 is 106 Å². The Morgan fingerprint density at radius 2 is 1.15 bits per heavy atom. The summed E-state index contributed by atoms with van der Waals surface area (Å²) >= 11 is 0. The van der Waals surface area contributed by atoms with Crippen molar-refractivity contribution in [2.24, 2.45) is 0 Å². The Labute approximate surface area is 217 Å². The first-order chi connectivity index (χ1) is 15.4. The standard InChI is InChI=1S/C12H22O11.C5H12O5.Na.H/c13-1-3-5(15)6(16)9(19)12(22-3)23-10-4(2-14)21-11(20)8(18)7(10)17;6-1-3(8)5(10)4(9)2-7;;/h3-20H,1-2H2;3-10H,1-2H2;;/q;;+1;-1/t3-,4-,5-,6+,7-,8-,9-,10-,11-,12-;3-,4+,5?;;/m1.../s1. The van der Waals surface area contributed by atoms with Crippen molar-refractivity contribution in [2.45, 2.75) is 79.7 Å². The Hall–Kier alpha value is 0.360. The Kier molecular flexibility index (Phi) is 16.4. The van der Waals surface area contributed by atoms with Gasteiger partial charge in [-0.2, -0.15) is 0 Å². The minimum atomic E-state index is -1.74. The first-order valence-electron chi connectivity index (χ1n) is 9.97. The van der Waals surface area contributed by atoms with E-state index in [1.165, 1.54) is 0 Å². The summed E-state index contributed by atoms with van der Waals surface area (Å²) in [6.07, 6.45) is -19.9. The van der Waals surface area contributed by atoms with Gasteiger partial charge in [0.15, 0.2) is 12.6 Å². The fourth-order valence-electron chi connectivity index (χ4n) is 3.04. The van der Waals surface area contributed by atoms with Crippen molar-refractivity contribution in [3.8, 4) is 0 Å². The van der Waals surface area contributed by atoms with E-state index in [1.807, 2.05) is 0 Å². The zero-order valence-corrected chi connectivity index (χ0v) is 20.4. The third-order valence-corrected chi connectivity index (χ3v) is 5.14. The molecule has 16 nitrogen and oxygen atoms in total. The summed E-state index contributed by atoms with van der Waals surface area (Å²) in [5.74, 6) is 0. The van der Waals surface area contributed by atoms with Crippen molar-refractivity contribution in [3.05, 3.63) is 0 Å². The molecule has 2 aliphatic rings. The minimum Gasteiger partial charge on any atom is -1.00 e. The van der Waals surface area contributed by atoms with Crippen LogP contribution in [0.3, 0.4) is 0 Å². The molecule has 2 saturated heterocycles. The molecule has 34 heavy (non-hydrogen) atoms. The maximum atomic E-state index is 9.94. The van der Waals surface area contributed by atoms with Crippen LogP contribution in [0, 0.1) is 0 Å². The normalized spacial score (nSPS) is 40.9. The molecule has 0 aromatic heterocycles. The van der Waals surface area contributed by atoms with E-state index in [0.29, 0.717) is 0 Å². The predicted molar refractivity (Wildman–Crippen MR) is 102 cm³/mol. The molecule has 0 aliphatic carbocycles. The monoisotopic (exact) mass is 518 g/mol. The smallest absolute Gasteiger partial charge is 1.00 e. The van der Waals surface area contributed by atoms with E-state index in [2.05, 4.69) is 0 Å². The van der Waals surface area contributed by atoms with E-state index in [9.17, 15) is 35.7 Å². The zero-order valence-electron chi connectivity index (χ0n) is 19.4. The Balaban J connectivity index is 0. The molecule has 2 rings (SSSR count). The molecule has 200 valence electrons. The van der Waals surface area contributed by atoms with Gasteiger partial charge in [-0.25, -0.2) is 0 Å². The van der Waals surface area contributed by atoms with Gasteiger partial charge in [0.25, 0.3) is 0 Å². The second-order valence-electron chi connectivity index (χ2n) is 7.52. The van der Waals surface area contributed by atoms with Crippen molar-refractivity contribution >= 4 is 0 Å². The Morgan fingerprint density at radius 1 is 0.647 bits per heavy atom. The van der Waals surface area contributed by atoms with Crippen LogP contribution in [0.4, 0.5) is 0 Å². The number of aliphatic hydroxyl groups excluding tert-OH is 13. The topological polar surface area (TPSA) is 291 Å². The maximum absolute atomic E-state index is 9.94. The van der Waals surface area contributed by atoms with Crippen LogP contribution in [-0.4, -0.2) is 173 Å². The molecule has 2 heterocycles. The summed E-state index contributed by atoms with van der Waals surface area (Å²) in [7, 11) is 0. The number of rotatable bonds is 8. The molecule has 13 atom stereocenters. The van der Waals surface area contributed by atoms with E-state index in [0.717, 1.165) is 0 Å². The van der Waals surface area contributed by atoms with Crippen LogP contribution in [0.5, 0.6) is 0 Å². The van der Waals surface area contributed by atoms with Crippen molar-refractivity contribution < 1.29 is 112 Å². The summed E-state index contributed by atoms with van der Waals surface area (Å²) in [5.41, 5.74) is 0. The third kappa shape index (κ3) is 8.73. The molecule has 0 amide bonds. The fraction of sp³-hybridized carbons (Fsp3) is 1.00. The van der Waals surface area contributed by atoms with Gasteiger partial charge in [0, 0.05) is 0 Å². The second-order valence-corrected chi connectivity index (χ2v) is 7.52. The van der Waals surface area contributed by atoms with Crippen LogP contribution in [0.2, 0.25) is 0 Å². The second kappa shape index (κ2) is 16.3. The summed E-state index contributed by atoms with van der Waals surface area (Å²) < 4.78 is 15.3. The van der Waals surface area contributed by atoms with Gasteiger partial charge in [0.1, 0.15) is 67.1 Å². The van der Waals surface area contributed by atoms with Crippen LogP contribution in [0.25, 0.3) is 0 Å². The third-order valence-electron chi connectivity index (χ3n) is 5.14. The van der Waals surface area contributed by atoms with Crippen LogP contribution >= 0.6 is 0 Å². The van der Waals surface area contributed by atoms with Gasteiger partial charge in [-0.3, -0.25) is 0 Å². The molecular weight excluding hydrogens is 483 g/mol. The minimum absolute atomic E-state index is 0. The summed E-state index contributed by atoms with van der Waals surface area (Å²) in [5, 5.41) is 119. The molecule has 0 bridgehead atoms. The number of hydrogen-bond acceptors (Lipinski definition) is 16. The zero-order chi connectivity index (χ0) is 25.5. The summed E-state index contributed by atoms with van der Waals surface area (Å²) in [6, 6.07) is 0. The van der Waals surface area contributed by atoms with E-state index in [-0.39, 0.29) is 31.0 Å². The van der Waals surface area contributed by atoms with Gasteiger partial charge in [-0.05, 0) is 0 Å². The fourth-order valence-corrected chi connectivity index (χ4v) is 3.04. The first kappa shape index (κ1) is 34.4. The molecule has 2 fully saturated rings. The van der Waals surface area contributed by atoms with E-state index in [1.54, 1.807) is 0 Å². The SMILES string of the molecule is OC[C@@H](O)C(O)[C@@H](O)CO.OC[C@H]1O[C@H](O[C@H]2[C@H](O)[C@@H](O)[C@H](O)O[C@@H]2CO)[C@H](O)[C@@H](O)[C@@H]1O.[H-].[Na+]. The Bertz CT molecular complexity index is 540. The van der Waals surface area contributed by atoms with Crippen LogP contribution in [0.15, 0.2) is 0 Å². The maximum Gasteiger partial charge on any atom is 1.00 e. The predicted octanol–water partition coefficient (Wildman–Crippen LogP) is -11.2. The average molecular weight is 518 g/mol. The molecule has 0 aromatic rings. The van der Waals surface area contributed by atoms with E-state index >= 15 is 0 Å². The Morgan fingerprint density at radius 3 is 1.59 bits per heavy atom. The molecule has 0 spiro atoms. The van der Waals surface area contributed by atoms with Crippen molar-refractivity contribution in [3.63, 3.8) is 0 Å². The van der Waals surface area contributed by atoms with Gasteiger partial charge < -0.3 is 82.0 Å².